The van der Waals surface area contributed by atoms with E-state index in [9.17, 15) is 4.79 Å². The second-order valence-electron chi connectivity index (χ2n) is 7.62. The number of hydrogen-bond donors (Lipinski definition) is 1. The summed E-state index contributed by atoms with van der Waals surface area (Å²) in [5.41, 5.74) is 3.71. The summed E-state index contributed by atoms with van der Waals surface area (Å²) in [6.07, 6.45) is 6.92. The summed E-state index contributed by atoms with van der Waals surface area (Å²) >= 11 is 0. The van der Waals surface area contributed by atoms with E-state index >= 15 is 0 Å². The van der Waals surface area contributed by atoms with Gasteiger partial charge in [-0.05, 0) is 79.5 Å². The lowest BCUT2D eigenvalue weighted by molar-refractivity contribution is -0.117. The van der Waals surface area contributed by atoms with Gasteiger partial charge >= 0.3 is 0 Å². The molecule has 1 amide bonds. The number of nitrogens with one attached hydrogen (secondary N) is 1. The lowest BCUT2D eigenvalue weighted by Crippen LogP contribution is -2.20. The van der Waals surface area contributed by atoms with Gasteiger partial charge in [0.25, 0.3) is 0 Å². The molecule has 4 rings (SSSR count). The molecule has 4 nitrogen and oxygen atoms in total. The topological polar surface area (TPSA) is 65.8 Å². The molecule has 0 aliphatic heterocycles. The number of rotatable bonds is 4. The third-order valence-electron chi connectivity index (χ3n) is 5.70. The predicted molar refractivity (Wildman–Crippen MR) is 111 cm³/mol. The number of pyridine rings is 1. The van der Waals surface area contributed by atoms with Gasteiger partial charge in [0, 0.05) is 23.7 Å². The number of benzene rings is 2. The zero-order chi connectivity index (χ0) is 19.3. The Hall–Kier alpha value is -3.19. The number of nitriles is 1. The van der Waals surface area contributed by atoms with E-state index in [0.717, 1.165) is 36.9 Å². The molecular formula is C24H23N3O. The molecule has 0 saturated heterocycles. The fourth-order valence-electron chi connectivity index (χ4n) is 4.11. The van der Waals surface area contributed by atoms with E-state index in [4.69, 9.17) is 5.26 Å². The van der Waals surface area contributed by atoms with Crippen molar-refractivity contribution >= 4 is 22.5 Å². The molecule has 0 unspecified atom stereocenters. The Morgan fingerprint density at radius 3 is 2.57 bits per heavy atom. The van der Waals surface area contributed by atoms with Gasteiger partial charge < -0.3 is 5.32 Å². The molecule has 1 saturated carbocycles. The highest BCUT2D eigenvalue weighted by Crippen LogP contribution is 2.37. The molecule has 0 atom stereocenters. The van der Waals surface area contributed by atoms with Crippen molar-refractivity contribution in [3.8, 4) is 6.07 Å². The van der Waals surface area contributed by atoms with Gasteiger partial charge in [-0.15, -0.1) is 0 Å². The minimum atomic E-state index is 0.0560. The van der Waals surface area contributed by atoms with Crippen LogP contribution in [0.4, 0.5) is 5.69 Å². The van der Waals surface area contributed by atoms with E-state index in [-0.39, 0.29) is 5.91 Å². The Bertz CT molecular complexity index is 1010. The zero-order valence-corrected chi connectivity index (χ0v) is 15.8. The van der Waals surface area contributed by atoms with Crippen LogP contribution in [0, 0.1) is 17.2 Å². The number of carbonyl (C=O) groups excluding carboxylic acids is 1. The lowest BCUT2D eigenvalue weighted by atomic mass is 9.77. The third-order valence-corrected chi connectivity index (χ3v) is 5.70. The van der Waals surface area contributed by atoms with Crippen molar-refractivity contribution in [3.63, 3.8) is 0 Å². The van der Waals surface area contributed by atoms with Crippen LogP contribution in [0.2, 0.25) is 0 Å². The molecule has 0 spiro atoms. The fourth-order valence-corrected chi connectivity index (χ4v) is 4.11. The van der Waals surface area contributed by atoms with E-state index < -0.39 is 0 Å². The fraction of sp³-hybridized carbons (Fsp3) is 0.292. The third kappa shape index (κ3) is 4.20. The Morgan fingerprint density at radius 2 is 1.82 bits per heavy atom. The van der Waals surface area contributed by atoms with E-state index in [1.807, 2.05) is 18.3 Å². The van der Waals surface area contributed by atoms with Gasteiger partial charge in [0.2, 0.25) is 5.91 Å². The average Bonchev–Trinajstić information content (AvgIpc) is 2.74. The molecule has 28 heavy (non-hydrogen) atoms. The number of para-hydroxylation sites is 1. The SMILES string of the molecule is N#Cc1ccc(NC(=O)CC2CCC(c3cnc4ccccc4c3)CC2)cc1. The molecule has 1 aliphatic carbocycles. The normalized spacial score (nSPS) is 19.1. The standard InChI is InChI=1S/C24H23N3O/c25-15-18-7-11-22(12-8-18)27-24(28)13-17-5-9-19(10-6-17)21-14-20-3-1-2-4-23(20)26-16-21/h1-4,7-8,11-12,14,16-17,19H,5-6,9-10,13H2,(H,27,28). The number of amides is 1. The van der Waals surface area contributed by atoms with Crippen LogP contribution in [-0.2, 0) is 4.79 Å². The molecule has 0 bridgehead atoms. The molecule has 1 aliphatic rings. The molecule has 1 N–H and O–H groups in total. The second kappa shape index (κ2) is 8.22. The lowest BCUT2D eigenvalue weighted by Gasteiger charge is -2.28. The van der Waals surface area contributed by atoms with Gasteiger partial charge in [-0.3, -0.25) is 9.78 Å². The molecule has 1 aromatic heterocycles. The first-order valence-corrected chi connectivity index (χ1v) is 9.86. The predicted octanol–water partition coefficient (Wildman–Crippen LogP) is 5.41. The van der Waals surface area contributed by atoms with E-state index in [1.165, 1.54) is 10.9 Å². The summed E-state index contributed by atoms with van der Waals surface area (Å²) in [5.74, 6) is 1.03. The number of nitrogens with zero attached hydrogens (tertiary/aromatic N) is 2. The van der Waals surface area contributed by atoms with Crippen molar-refractivity contribution in [2.45, 2.75) is 38.0 Å². The van der Waals surface area contributed by atoms with Gasteiger partial charge in [0.05, 0.1) is 17.1 Å². The second-order valence-corrected chi connectivity index (χ2v) is 7.62. The molecule has 140 valence electrons. The van der Waals surface area contributed by atoms with Crippen LogP contribution in [0.3, 0.4) is 0 Å². The summed E-state index contributed by atoms with van der Waals surface area (Å²) < 4.78 is 0. The first-order valence-electron chi connectivity index (χ1n) is 9.86. The van der Waals surface area contributed by atoms with Crippen LogP contribution in [0.25, 0.3) is 10.9 Å². The molecule has 2 aromatic carbocycles. The highest BCUT2D eigenvalue weighted by molar-refractivity contribution is 5.90. The van der Waals surface area contributed by atoms with Crippen molar-refractivity contribution in [2.24, 2.45) is 5.92 Å². The van der Waals surface area contributed by atoms with E-state index in [2.05, 4.69) is 34.6 Å². The zero-order valence-electron chi connectivity index (χ0n) is 15.8. The van der Waals surface area contributed by atoms with Crippen molar-refractivity contribution < 1.29 is 4.79 Å². The minimum absolute atomic E-state index is 0.0560. The minimum Gasteiger partial charge on any atom is -0.326 e. The smallest absolute Gasteiger partial charge is 0.224 e. The van der Waals surface area contributed by atoms with Gasteiger partial charge in [-0.25, -0.2) is 0 Å². The number of fused-ring (bicyclic) bond motifs is 1. The van der Waals surface area contributed by atoms with Crippen LogP contribution in [0.15, 0.2) is 60.8 Å². The summed E-state index contributed by atoms with van der Waals surface area (Å²) in [5, 5.41) is 13.0. The Balaban J connectivity index is 1.30. The van der Waals surface area contributed by atoms with Crippen LogP contribution >= 0.6 is 0 Å². The summed E-state index contributed by atoms with van der Waals surface area (Å²) in [6.45, 7) is 0. The largest absolute Gasteiger partial charge is 0.326 e. The molecule has 1 heterocycles. The molecular weight excluding hydrogens is 346 g/mol. The van der Waals surface area contributed by atoms with Gasteiger partial charge in [-0.2, -0.15) is 5.26 Å². The Labute approximate surface area is 165 Å². The van der Waals surface area contributed by atoms with Gasteiger partial charge in [0.15, 0.2) is 0 Å². The molecule has 3 aromatic rings. The maximum Gasteiger partial charge on any atom is 0.224 e. The first-order chi connectivity index (χ1) is 13.7. The number of anilines is 1. The van der Waals surface area contributed by atoms with Gasteiger partial charge in [-0.1, -0.05) is 18.2 Å². The number of carbonyl (C=O) groups is 1. The van der Waals surface area contributed by atoms with Crippen LogP contribution in [0.5, 0.6) is 0 Å². The van der Waals surface area contributed by atoms with E-state index in [0.29, 0.717) is 23.8 Å². The Morgan fingerprint density at radius 1 is 1.07 bits per heavy atom. The number of hydrogen-bond acceptors (Lipinski definition) is 3. The average molecular weight is 369 g/mol. The maximum atomic E-state index is 12.3. The van der Waals surface area contributed by atoms with E-state index in [1.54, 1.807) is 24.3 Å². The number of aromatic nitrogens is 1. The van der Waals surface area contributed by atoms with Crippen molar-refractivity contribution in [1.29, 1.82) is 5.26 Å². The van der Waals surface area contributed by atoms with Crippen molar-refractivity contribution in [3.05, 3.63) is 71.9 Å². The van der Waals surface area contributed by atoms with Crippen LogP contribution < -0.4 is 5.32 Å². The molecule has 0 radical (unpaired) electrons. The van der Waals surface area contributed by atoms with Gasteiger partial charge in [0.1, 0.15) is 0 Å². The first kappa shape index (κ1) is 18.2. The van der Waals surface area contributed by atoms with Crippen molar-refractivity contribution in [1.82, 2.24) is 4.98 Å². The quantitative estimate of drug-likeness (QED) is 0.669. The highest BCUT2D eigenvalue weighted by Gasteiger charge is 2.24. The maximum absolute atomic E-state index is 12.3. The highest BCUT2D eigenvalue weighted by atomic mass is 16.1. The van der Waals surface area contributed by atoms with Crippen molar-refractivity contribution in [2.75, 3.05) is 5.32 Å². The molecule has 1 fully saturated rings. The Kier molecular flexibility index (Phi) is 5.34. The molecule has 4 heteroatoms. The summed E-state index contributed by atoms with van der Waals surface area (Å²) in [6, 6.07) is 19.6. The van der Waals surface area contributed by atoms with Crippen LogP contribution in [0.1, 0.15) is 49.1 Å². The monoisotopic (exact) mass is 369 g/mol. The summed E-state index contributed by atoms with van der Waals surface area (Å²) in [7, 11) is 0. The van der Waals surface area contributed by atoms with Crippen LogP contribution in [-0.4, -0.2) is 10.9 Å². The summed E-state index contributed by atoms with van der Waals surface area (Å²) in [4.78, 5) is 16.9.